The molecule has 7 nitrogen and oxygen atoms in total. The first kappa shape index (κ1) is 29.2. The summed E-state index contributed by atoms with van der Waals surface area (Å²) < 4.78 is 32.1. The number of nitrogens with one attached hydrogen (secondary N) is 1. The van der Waals surface area contributed by atoms with Crippen molar-refractivity contribution in [1.82, 2.24) is 4.90 Å². The van der Waals surface area contributed by atoms with Gasteiger partial charge in [-0.1, -0.05) is 18.2 Å². The van der Waals surface area contributed by atoms with Crippen LogP contribution in [0.5, 0.6) is 0 Å². The van der Waals surface area contributed by atoms with Gasteiger partial charge in [-0.3, -0.25) is 24.1 Å². The summed E-state index contributed by atoms with van der Waals surface area (Å²) in [7, 11) is 0. The SMILES string of the molecule is CC(C)(C)OC(=O)Cc1cccc(NC(=O)CCN2C(=O)S/C(=C\c3cc(-c4ccc(F)c(F)c4)cs3)C2=O)c1. The summed E-state index contributed by atoms with van der Waals surface area (Å²) in [4.78, 5) is 51.8. The summed E-state index contributed by atoms with van der Waals surface area (Å²) in [5.41, 5.74) is 1.70. The summed E-state index contributed by atoms with van der Waals surface area (Å²) in [6, 6.07) is 12.1. The molecule has 1 aromatic heterocycles. The average molecular weight is 585 g/mol. The highest BCUT2D eigenvalue weighted by atomic mass is 32.2. The Morgan fingerprint density at radius 1 is 1.02 bits per heavy atom. The quantitative estimate of drug-likeness (QED) is 0.236. The summed E-state index contributed by atoms with van der Waals surface area (Å²) in [5, 5.41) is 3.98. The molecule has 0 saturated carbocycles. The minimum absolute atomic E-state index is 0.0522. The largest absolute Gasteiger partial charge is 0.460 e. The van der Waals surface area contributed by atoms with Crippen LogP contribution >= 0.6 is 23.1 Å². The number of hydrogen-bond acceptors (Lipinski definition) is 7. The first-order valence-electron chi connectivity index (χ1n) is 12.3. The van der Waals surface area contributed by atoms with Gasteiger partial charge in [0, 0.05) is 23.5 Å². The van der Waals surface area contributed by atoms with Crippen molar-refractivity contribution in [3.8, 4) is 11.1 Å². The van der Waals surface area contributed by atoms with Gasteiger partial charge in [0.2, 0.25) is 5.91 Å². The number of thioether (sulfide) groups is 1. The topological polar surface area (TPSA) is 92.8 Å². The van der Waals surface area contributed by atoms with E-state index in [2.05, 4.69) is 5.32 Å². The van der Waals surface area contributed by atoms with E-state index in [1.165, 1.54) is 17.4 Å². The van der Waals surface area contributed by atoms with Crippen LogP contribution in [-0.2, 0) is 25.5 Å². The Bertz CT molecular complexity index is 1510. The molecule has 1 aliphatic heterocycles. The number of ether oxygens (including phenoxy) is 1. The molecule has 4 rings (SSSR count). The van der Waals surface area contributed by atoms with Gasteiger partial charge in [-0.25, -0.2) is 8.78 Å². The predicted octanol–water partition coefficient (Wildman–Crippen LogP) is 6.64. The van der Waals surface area contributed by atoms with Gasteiger partial charge in [0.05, 0.1) is 11.3 Å². The highest BCUT2D eigenvalue weighted by molar-refractivity contribution is 8.18. The van der Waals surface area contributed by atoms with Crippen molar-refractivity contribution in [2.24, 2.45) is 0 Å². The molecule has 1 fully saturated rings. The van der Waals surface area contributed by atoms with Gasteiger partial charge in [0.1, 0.15) is 5.60 Å². The molecule has 0 spiro atoms. The minimum Gasteiger partial charge on any atom is -0.460 e. The number of thiophene rings is 1. The van der Waals surface area contributed by atoms with Crippen molar-refractivity contribution in [1.29, 1.82) is 0 Å². The normalized spacial score (nSPS) is 14.6. The minimum atomic E-state index is -0.955. The Hall–Kier alpha value is -3.83. The molecule has 2 heterocycles. The van der Waals surface area contributed by atoms with Crippen molar-refractivity contribution < 1.29 is 32.7 Å². The van der Waals surface area contributed by atoms with Crippen LogP contribution in [0.2, 0.25) is 0 Å². The molecular formula is C29H26F2N2O5S2. The van der Waals surface area contributed by atoms with Gasteiger partial charge in [-0.2, -0.15) is 0 Å². The van der Waals surface area contributed by atoms with Crippen LogP contribution in [-0.4, -0.2) is 40.1 Å². The Morgan fingerprint density at radius 2 is 1.80 bits per heavy atom. The first-order chi connectivity index (χ1) is 18.9. The summed E-state index contributed by atoms with van der Waals surface area (Å²) in [5.74, 6) is -3.18. The molecule has 208 valence electrons. The van der Waals surface area contributed by atoms with Crippen LogP contribution in [0.25, 0.3) is 17.2 Å². The number of benzene rings is 2. The second-order valence-corrected chi connectivity index (χ2v) is 11.9. The van der Waals surface area contributed by atoms with Crippen LogP contribution in [0.1, 0.15) is 37.6 Å². The van der Waals surface area contributed by atoms with Crippen LogP contribution in [0.15, 0.2) is 58.8 Å². The van der Waals surface area contributed by atoms with Gasteiger partial charge < -0.3 is 10.1 Å². The maximum Gasteiger partial charge on any atom is 0.310 e. The van der Waals surface area contributed by atoms with Gasteiger partial charge in [-0.05, 0) is 91.0 Å². The molecule has 0 aliphatic carbocycles. The lowest BCUT2D eigenvalue weighted by Crippen LogP contribution is -2.31. The monoisotopic (exact) mass is 584 g/mol. The standard InChI is InChI=1S/C29H26F2N2O5S2/c1-29(2,3)38-26(35)12-17-5-4-6-20(11-17)32-25(34)9-10-33-27(36)24(40-28(33)37)15-21-13-19(16-39-21)18-7-8-22(30)23(31)14-18/h4-8,11,13-16H,9-10,12H2,1-3H3,(H,32,34)/b24-15-. The third-order valence-corrected chi connectivity index (χ3v) is 7.35. The van der Waals surface area contributed by atoms with E-state index in [4.69, 9.17) is 4.74 Å². The fraction of sp³-hybridized carbons (Fsp3) is 0.241. The fourth-order valence-electron chi connectivity index (χ4n) is 3.82. The van der Waals surface area contributed by atoms with E-state index in [1.54, 1.807) is 62.6 Å². The molecule has 1 N–H and O–H groups in total. The number of nitrogens with zero attached hydrogens (tertiary/aromatic N) is 1. The van der Waals surface area contributed by atoms with E-state index >= 15 is 0 Å². The first-order valence-corrected chi connectivity index (χ1v) is 14.0. The van der Waals surface area contributed by atoms with Gasteiger partial charge in [0.15, 0.2) is 11.6 Å². The van der Waals surface area contributed by atoms with Crippen molar-refractivity contribution in [2.75, 3.05) is 11.9 Å². The number of halogens is 2. The Labute approximate surface area is 238 Å². The second-order valence-electron chi connectivity index (χ2n) is 9.96. The van der Waals surface area contributed by atoms with Crippen LogP contribution in [0, 0.1) is 11.6 Å². The molecule has 11 heteroatoms. The highest BCUT2D eigenvalue weighted by Crippen LogP contribution is 2.35. The van der Waals surface area contributed by atoms with Gasteiger partial charge in [0.25, 0.3) is 11.1 Å². The summed E-state index contributed by atoms with van der Waals surface area (Å²) in [6.07, 6.45) is 1.51. The lowest BCUT2D eigenvalue weighted by Gasteiger charge is -2.19. The number of amides is 3. The van der Waals surface area contributed by atoms with E-state index < -0.39 is 34.3 Å². The zero-order valence-corrected chi connectivity index (χ0v) is 23.6. The molecule has 1 aliphatic rings. The average Bonchev–Trinajstić information content (AvgIpc) is 3.42. The third kappa shape index (κ3) is 7.64. The smallest absolute Gasteiger partial charge is 0.310 e. The molecule has 0 radical (unpaired) electrons. The fourth-order valence-corrected chi connectivity index (χ4v) is 5.60. The van der Waals surface area contributed by atoms with Crippen LogP contribution < -0.4 is 5.32 Å². The summed E-state index contributed by atoms with van der Waals surface area (Å²) in [6.45, 7) is 5.25. The molecule has 3 aromatic rings. The molecule has 0 bridgehead atoms. The lowest BCUT2D eigenvalue weighted by atomic mass is 10.1. The second kappa shape index (κ2) is 12.1. The van der Waals surface area contributed by atoms with Gasteiger partial charge in [-0.15, -0.1) is 11.3 Å². The Morgan fingerprint density at radius 3 is 2.52 bits per heavy atom. The highest BCUT2D eigenvalue weighted by Gasteiger charge is 2.35. The van der Waals surface area contributed by atoms with Crippen molar-refractivity contribution in [3.63, 3.8) is 0 Å². The maximum atomic E-state index is 13.6. The van der Waals surface area contributed by atoms with E-state index in [9.17, 15) is 28.0 Å². The van der Waals surface area contributed by atoms with Crippen LogP contribution in [0.3, 0.4) is 0 Å². The molecular weight excluding hydrogens is 558 g/mol. The Balaban J connectivity index is 1.33. The van der Waals surface area contributed by atoms with Crippen LogP contribution in [0.4, 0.5) is 19.3 Å². The number of carbonyl (C=O) groups is 4. The number of hydrogen-bond donors (Lipinski definition) is 1. The van der Waals surface area contributed by atoms with Crippen molar-refractivity contribution in [2.45, 2.75) is 39.2 Å². The number of esters is 1. The zero-order valence-electron chi connectivity index (χ0n) is 22.0. The molecule has 0 atom stereocenters. The van der Waals surface area contributed by atoms with E-state index in [0.29, 0.717) is 27.3 Å². The number of carbonyl (C=O) groups excluding carboxylic acids is 4. The molecule has 3 amide bonds. The van der Waals surface area contributed by atoms with Crippen molar-refractivity contribution >= 4 is 57.9 Å². The zero-order chi connectivity index (χ0) is 29.0. The third-order valence-electron chi connectivity index (χ3n) is 5.56. The lowest BCUT2D eigenvalue weighted by molar-refractivity contribution is -0.153. The molecule has 40 heavy (non-hydrogen) atoms. The predicted molar refractivity (Wildman–Crippen MR) is 152 cm³/mol. The number of anilines is 1. The molecule has 2 aromatic carbocycles. The van der Waals surface area contributed by atoms with Gasteiger partial charge >= 0.3 is 5.97 Å². The van der Waals surface area contributed by atoms with E-state index in [-0.39, 0.29) is 30.3 Å². The van der Waals surface area contributed by atoms with Crippen molar-refractivity contribution in [3.05, 3.63) is 80.9 Å². The number of imide groups is 1. The maximum absolute atomic E-state index is 13.6. The molecule has 1 saturated heterocycles. The summed E-state index contributed by atoms with van der Waals surface area (Å²) >= 11 is 2.06. The number of rotatable bonds is 8. The molecule has 0 unspecified atom stereocenters. The van der Waals surface area contributed by atoms with E-state index in [0.717, 1.165) is 28.8 Å². The Kier molecular flexibility index (Phi) is 8.85. The van der Waals surface area contributed by atoms with E-state index in [1.807, 2.05) is 0 Å².